The number of fused-ring (bicyclic) bond motifs is 1. The minimum atomic E-state index is -4.75. The van der Waals surface area contributed by atoms with Crippen LogP contribution in [-0.4, -0.2) is 26.6 Å². The molecule has 0 aliphatic heterocycles. The molecular weight excluding hydrogens is 535 g/mol. The normalized spacial score (nSPS) is 12.2. The molecule has 0 saturated heterocycles. The second-order valence-electron chi connectivity index (χ2n) is 7.65. The van der Waals surface area contributed by atoms with Gasteiger partial charge in [0.1, 0.15) is 32.5 Å². The van der Waals surface area contributed by atoms with E-state index in [1.807, 2.05) is 0 Å². The number of carbonyl (C=O) groups excluding carboxylic acids is 2. The van der Waals surface area contributed by atoms with Gasteiger partial charge in [0.2, 0.25) is 0 Å². The van der Waals surface area contributed by atoms with Crippen molar-refractivity contribution in [3.05, 3.63) is 63.3 Å². The Bertz CT molecular complexity index is 1510. The first-order chi connectivity index (χ1) is 17.3. The number of hydrogen-bond donors (Lipinski definition) is 2. The summed E-state index contributed by atoms with van der Waals surface area (Å²) in [5.41, 5.74) is 2.39. The smallest absolute Gasteiger partial charge is 0.433 e. The van der Waals surface area contributed by atoms with Gasteiger partial charge in [-0.1, -0.05) is 0 Å². The number of rotatable bonds is 7. The highest BCUT2D eigenvalue weighted by Gasteiger charge is 2.34. The number of amides is 2. The van der Waals surface area contributed by atoms with Crippen LogP contribution in [-0.2, 0) is 12.7 Å². The number of carbonyl (C=O) groups is 2. The number of alkyl halides is 7. The first-order valence-electron chi connectivity index (χ1n) is 10.1. The molecule has 0 saturated carbocycles. The fourth-order valence-corrected chi connectivity index (χ4v) is 4.55. The third kappa shape index (κ3) is 5.14. The van der Waals surface area contributed by atoms with Crippen LogP contribution in [0.2, 0.25) is 0 Å². The van der Waals surface area contributed by atoms with E-state index in [1.165, 1.54) is 13.0 Å². The highest BCUT2D eigenvalue weighted by Crippen LogP contribution is 2.40. The van der Waals surface area contributed by atoms with Gasteiger partial charge in [-0.15, -0.1) is 11.3 Å². The average Bonchev–Trinajstić information content (AvgIpc) is 3.51. The summed E-state index contributed by atoms with van der Waals surface area (Å²) in [6.45, 7) is 0.826. The van der Waals surface area contributed by atoms with E-state index in [4.69, 9.17) is 10.2 Å². The van der Waals surface area contributed by atoms with Gasteiger partial charge in [-0.25, -0.2) is 22.5 Å². The molecule has 4 aromatic rings. The molecule has 0 unspecified atom stereocenters. The number of primary amides is 1. The number of pyridine rings is 1. The van der Waals surface area contributed by atoms with E-state index in [0.717, 1.165) is 12.1 Å². The number of nitrogens with one attached hydrogen (secondary N) is 1. The van der Waals surface area contributed by atoms with Crippen molar-refractivity contribution in [2.75, 3.05) is 5.32 Å². The highest BCUT2D eigenvalue weighted by atomic mass is 32.1. The summed E-state index contributed by atoms with van der Waals surface area (Å²) in [4.78, 5) is 27.8. The SMILES string of the molecule is Cc1cc(C(F)(F)F)nc2sc(C(N)=O)c(NC(=O)c3ccc(Cn4nc(C(F)F)cc4C(F)F)o3)c12. The Morgan fingerprint density at radius 2 is 1.86 bits per heavy atom. The average molecular weight is 549 g/mol. The summed E-state index contributed by atoms with van der Waals surface area (Å²) in [6, 6.07) is 3.67. The van der Waals surface area contributed by atoms with Crippen molar-refractivity contribution in [3.8, 4) is 0 Å². The summed E-state index contributed by atoms with van der Waals surface area (Å²) in [7, 11) is 0. The molecule has 0 bridgehead atoms. The largest absolute Gasteiger partial charge is 0.454 e. The molecule has 37 heavy (non-hydrogen) atoms. The zero-order chi connectivity index (χ0) is 27.2. The fourth-order valence-electron chi connectivity index (χ4n) is 3.49. The third-order valence-electron chi connectivity index (χ3n) is 5.08. The van der Waals surface area contributed by atoms with Crippen LogP contribution in [0, 0.1) is 6.92 Å². The Morgan fingerprint density at radius 1 is 1.16 bits per heavy atom. The Morgan fingerprint density at radius 3 is 2.46 bits per heavy atom. The van der Waals surface area contributed by atoms with E-state index < -0.39 is 54.5 Å². The standard InChI is InChI=1S/C21H14F7N5O3S/c1-7-4-12(21(26,27)28)30-20-13(7)14(15(37-20)18(29)34)31-19(35)11-3-2-8(36-11)6-33-10(17(24)25)5-9(32-33)16(22)23/h2-5,16-17H,6H2,1H3,(H2,29,34)(H,31,35). The lowest BCUT2D eigenvalue weighted by molar-refractivity contribution is -0.141. The molecule has 0 aliphatic rings. The first kappa shape index (κ1) is 26.1. The summed E-state index contributed by atoms with van der Waals surface area (Å²) in [5, 5.41) is 5.86. The molecule has 196 valence electrons. The van der Waals surface area contributed by atoms with Crippen molar-refractivity contribution in [1.82, 2.24) is 14.8 Å². The van der Waals surface area contributed by atoms with Crippen molar-refractivity contribution in [1.29, 1.82) is 0 Å². The van der Waals surface area contributed by atoms with Crippen LogP contribution < -0.4 is 11.1 Å². The highest BCUT2D eigenvalue weighted by molar-refractivity contribution is 7.21. The molecular formula is C21H14F7N5O3S. The second kappa shape index (κ2) is 9.49. The quantitative estimate of drug-likeness (QED) is 0.288. The third-order valence-corrected chi connectivity index (χ3v) is 6.18. The molecule has 0 aromatic carbocycles. The van der Waals surface area contributed by atoms with Gasteiger partial charge in [0, 0.05) is 5.39 Å². The maximum absolute atomic E-state index is 13.2. The van der Waals surface area contributed by atoms with Crippen molar-refractivity contribution in [3.63, 3.8) is 0 Å². The van der Waals surface area contributed by atoms with Crippen molar-refractivity contribution >= 4 is 39.1 Å². The van der Waals surface area contributed by atoms with Crippen LogP contribution in [0.1, 0.15) is 61.5 Å². The van der Waals surface area contributed by atoms with Gasteiger partial charge >= 0.3 is 6.18 Å². The van der Waals surface area contributed by atoms with Crippen molar-refractivity contribution in [2.24, 2.45) is 5.73 Å². The van der Waals surface area contributed by atoms with Crippen molar-refractivity contribution < 1.29 is 44.7 Å². The van der Waals surface area contributed by atoms with E-state index in [1.54, 1.807) is 0 Å². The van der Waals surface area contributed by atoms with Gasteiger partial charge in [-0.2, -0.15) is 18.3 Å². The number of aryl methyl sites for hydroxylation is 1. The molecule has 0 fully saturated rings. The minimum Gasteiger partial charge on any atom is -0.454 e. The van der Waals surface area contributed by atoms with Gasteiger partial charge in [-0.05, 0) is 36.8 Å². The molecule has 0 radical (unpaired) electrons. The number of nitrogens with two attached hydrogens (primary N) is 1. The van der Waals surface area contributed by atoms with Crippen LogP contribution in [0.3, 0.4) is 0 Å². The molecule has 8 nitrogen and oxygen atoms in total. The predicted molar refractivity (Wildman–Crippen MR) is 116 cm³/mol. The number of halogens is 7. The van der Waals surface area contributed by atoms with Crippen LogP contribution in [0.4, 0.5) is 36.4 Å². The van der Waals surface area contributed by atoms with E-state index in [2.05, 4.69) is 15.4 Å². The lowest BCUT2D eigenvalue weighted by Crippen LogP contribution is -2.16. The van der Waals surface area contributed by atoms with E-state index in [-0.39, 0.29) is 37.9 Å². The number of thiophene rings is 1. The van der Waals surface area contributed by atoms with E-state index in [9.17, 15) is 40.3 Å². The first-order valence-corrected chi connectivity index (χ1v) is 10.9. The van der Waals surface area contributed by atoms with Crippen LogP contribution in [0.15, 0.2) is 28.7 Å². The summed E-state index contributed by atoms with van der Waals surface area (Å²) in [6.07, 6.45) is -10.9. The van der Waals surface area contributed by atoms with Crippen molar-refractivity contribution in [2.45, 2.75) is 32.5 Å². The van der Waals surface area contributed by atoms with Crippen LogP contribution in [0.25, 0.3) is 10.2 Å². The molecule has 4 rings (SSSR count). The maximum atomic E-state index is 13.2. The fraction of sp³-hybridized carbons (Fsp3) is 0.238. The topological polar surface area (TPSA) is 116 Å². The van der Waals surface area contributed by atoms with E-state index in [0.29, 0.717) is 22.1 Å². The van der Waals surface area contributed by atoms with Gasteiger partial charge in [-0.3, -0.25) is 14.3 Å². The van der Waals surface area contributed by atoms with Gasteiger partial charge in [0.05, 0.1) is 12.2 Å². The number of hydrogen-bond acceptors (Lipinski definition) is 6. The summed E-state index contributed by atoms with van der Waals surface area (Å²) < 4.78 is 97.5. The minimum absolute atomic E-state index is 0.0598. The van der Waals surface area contributed by atoms with Crippen LogP contribution >= 0.6 is 11.3 Å². The van der Waals surface area contributed by atoms with Gasteiger partial charge in [0.15, 0.2) is 5.76 Å². The van der Waals surface area contributed by atoms with E-state index >= 15 is 0 Å². The number of furan rings is 1. The Hall–Kier alpha value is -3.95. The monoisotopic (exact) mass is 549 g/mol. The molecule has 0 aliphatic carbocycles. The van der Waals surface area contributed by atoms with Gasteiger partial charge < -0.3 is 15.5 Å². The predicted octanol–water partition coefficient (Wildman–Crippen LogP) is 5.69. The molecule has 4 aromatic heterocycles. The number of anilines is 1. The Balaban J connectivity index is 1.64. The Kier molecular flexibility index (Phi) is 6.70. The summed E-state index contributed by atoms with van der Waals surface area (Å²) >= 11 is 0.555. The molecule has 2 amide bonds. The second-order valence-corrected chi connectivity index (χ2v) is 8.65. The Labute approximate surface area is 205 Å². The zero-order valence-corrected chi connectivity index (χ0v) is 19.2. The lowest BCUT2D eigenvalue weighted by atomic mass is 10.1. The van der Waals surface area contributed by atoms with Crippen LogP contribution in [0.5, 0.6) is 0 Å². The zero-order valence-electron chi connectivity index (χ0n) is 18.4. The molecule has 16 heteroatoms. The summed E-state index contributed by atoms with van der Waals surface area (Å²) in [5.74, 6) is -2.44. The number of aromatic nitrogens is 3. The molecule has 0 spiro atoms. The molecule has 0 atom stereocenters. The maximum Gasteiger partial charge on any atom is 0.433 e. The lowest BCUT2D eigenvalue weighted by Gasteiger charge is -2.09. The molecule has 3 N–H and O–H groups in total. The molecule has 4 heterocycles. The van der Waals surface area contributed by atoms with Gasteiger partial charge in [0.25, 0.3) is 24.7 Å². The number of nitrogens with zero attached hydrogens (tertiary/aromatic N) is 3.